The molecule has 0 spiro atoms. The van der Waals surface area contributed by atoms with Crippen LogP contribution in [0.25, 0.3) is 0 Å². The van der Waals surface area contributed by atoms with Crippen LogP contribution >= 0.6 is 0 Å². The van der Waals surface area contributed by atoms with E-state index in [0.717, 1.165) is 24.5 Å². The van der Waals surface area contributed by atoms with Gasteiger partial charge in [-0.3, -0.25) is 4.68 Å². The van der Waals surface area contributed by atoms with Crippen molar-refractivity contribution in [2.45, 2.75) is 33.5 Å². The van der Waals surface area contributed by atoms with Gasteiger partial charge in [0, 0.05) is 25.0 Å². The standard InChI is InChI=1S/C10H16N6/c1-8-9(2)15(7-12-8)3-4-16-6-10(5-11)13-14-16/h6-7H,3-5,11H2,1-2H3. The predicted octanol–water partition coefficient (Wildman–Crippen LogP) is 0.250. The molecule has 16 heavy (non-hydrogen) atoms. The van der Waals surface area contributed by atoms with Crippen molar-refractivity contribution in [2.75, 3.05) is 0 Å². The molecule has 2 aromatic heterocycles. The van der Waals surface area contributed by atoms with Gasteiger partial charge in [-0.2, -0.15) is 0 Å². The first-order chi connectivity index (χ1) is 7.70. The van der Waals surface area contributed by atoms with E-state index >= 15 is 0 Å². The van der Waals surface area contributed by atoms with Crippen molar-refractivity contribution in [3.63, 3.8) is 0 Å². The average Bonchev–Trinajstić information content (AvgIpc) is 2.86. The quantitative estimate of drug-likeness (QED) is 0.801. The van der Waals surface area contributed by atoms with Gasteiger partial charge in [-0.25, -0.2) is 4.98 Å². The van der Waals surface area contributed by atoms with Crippen LogP contribution in [-0.4, -0.2) is 24.5 Å². The van der Waals surface area contributed by atoms with Crippen LogP contribution in [0.2, 0.25) is 0 Å². The Morgan fingerprint density at radius 1 is 1.31 bits per heavy atom. The first kappa shape index (κ1) is 10.8. The van der Waals surface area contributed by atoms with Crippen LogP contribution in [0.15, 0.2) is 12.5 Å². The van der Waals surface area contributed by atoms with Gasteiger partial charge in [0.05, 0.1) is 24.3 Å². The van der Waals surface area contributed by atoms with Crippen molar-refractivity contribution in [1.82, 2.24) is 24.5 Å². The van der Waals surface area contributed by atoms with Crippen LogP contribution in [0.4, 0.5) is 0 Å². The summed E-state index contributed by atoms with van der Waals surface area (Å²) in [6, 6.07) is 0. The molecular formula is C10H16N6. The van der Waals surface area contributed by atoms with Gasteiger partial charge in [0.15, 0.2) is 0 Å². The lowest BCUT2D eigenvalue weighted by atomic mass is 10.4. The molecule has 0 unspecified atom stereocenters. The Balaban J connectivity index is 1.99. The van der Waals surface area contributed by atoms with E-state index in [1.807, 2.05) is 19.4 Å². The van der Waals surface area contributed by atoms with Gasteiger partial charge in [0.25, 0.3) is 0 Å². The van der Waals surface area contributed by atoms with Crippen LogP contribution in [0.5, 0.6) is 0 Å². The first-order valence-corrected chi connectivity index (χ1v) is 5.28. The molecule has 6 heteroatoms. The number of hydrogen-bond acceptors (Lipinski definition) is 4. The van der Waals surface area contributed by atoms with E-state index in [-0.39, 0.29) is 0 Å². The van der Waals surface area contributed by atoms with E-state index < -0.39 is 0 Å². The van der Waals surface area contributed by atoms with Crippen molar-refractivity contribution in [2.24, 2.45) is 5.73 Å². The zero-order valence-electron chi connectivity index (χ0n) is 9.59. The van der Waals surface area contributed by atoms with Crippen LogP contribution in [0, 0.1) is 13.8 Å². The Morgan fingerprint density at radius 2 is 2.12 bits per heavy atom. The highest BCUT2D eigenvalue weighted by Gasteiger charge is 2.03. The van der Waals surface area contributed by atoms with Gasteiger partial charge in [-0.05, 0) is 13.8 Å². The summed E-state index contributed by atoms with van der Waals surface area (Å²) in [5, 5.41) is 7.93. The van der Waals surface area contributed by atoms with E-state index in [1.165, 1.54) is 5.69 Å². The Labute approximate surface area is 94.1 Å². The molecule has 0 aromatic carbocycles. The van der Waals surface area contributed by atoms with Crippen molar-refractivity contribution in [3.05, 3.63) is 29.6 Å². The molecule has 0 saturated carbocycles. The molecule has 0 radical (unpaired) electrons. The lowest BCUT2D eigenvalue weighted by Gasteiger charge is -2.04. The number of aromatic nitrogens is 5. The van der Waals surface area contributed by atoms with E-state index in [0.29, 0.717) is 6.54 Å². The Bertz CT molecular complexity index is 469. The van der Waals surface area contributed by atoms with Crippen LogP contribution in [-0.2, 0) is 19.6 Å². The van der Waals surface area contributed by atoms with Crippen LogP contribution in [0.3, 0.4) is 0 Å². The molecule has 2 heterocycles. The van der Waals surface area contributed by atoms with Crippen molar-refractivity contribution in [1.29, 1.82) is 0 Å². The fourth-order valence-corrected chi connectivity index (χ4v) is 1.52. The summed E-state index contributed by atoms with van der Waals surface area (Å²) in [4.78, 5) is 4.25. The van der Waals surface area contributed by atoms with E-state index in [9.17, 15) is 0 Å². The third kappa shape index (κ3) is 2.11. The minimum absolute atomic E-state index is 0.434. The maximum Gasteiger partial charge on any atom is 0.0962 e. The van der Waals surface area contributed by atoms with Gasteiger partial charge in [0.1, 0.15) is 0 Å². The molecule has 0 aliphatic heterocycles. The van der Waals surface area contributed by atoms with E-state index in [1.54, 1.807) is 4.68 Å². The highest BCUT2D eigenvalue weighted by Crippen LogP contribution is 2.04. The van der Waals surface area contributed by atoms with Crippen LogP contribution in [0.1, 0.15) is 17.1 Å². The Kier molecular flexibility index (Phi) is 3.00. The second-order valence-corrected chi connectivity index (χ2v) is 3.79. The number of rotatable bonds is 4. The van der Waals surface area contributed by atoms with Gasteiger partial charge in [0.2, 0.25) is 0 Å². The maximum absolute atomic E-state index is 5.47. The molecule has 0 atom stereocenters. The van der Waals surface area contributed by atoms with E-state index in [2.05, 4.69) is 26.8 Å². The summed E-state index contributed by atoms with van der Waals surface area (Å²) in [5.41, 5.74) is 8.55. The van der Waals surface area contributed by atoms with Gasteiger partial charge in [-0.15, -0.1) is 5.10 Å². The first-order valence-electron chi connectivity index (χ1n) is 5.28. The Morgan fingerprint density at radius 3 is 2.69 bits per heavy atom. The highest BCUT2D eigenvalue weighted by atomic mass is 15.4. The molecule has 86 valence electrons. The lowest BCUT2D eigenvalue weighted by molar-refractivity contribution is 0.513. The smallest absolute Gasteiger partial charge is 0.0962 e. The fraction of sp³-hybridized carbons (Fsp3) is 0.500. The Hall–Kier alpha value is -1.69. The molecule has 0 bridgehead atoms. The summed E-state index contributed by atoms with van der Waals surface area (Å²) >= 11 is 0. The number of hydrogen-bond donors (Lipinski definition) is 1. The van der Waals surface area contributed by atoms with Gasteiger partial charge < -0.3 is 10.3 Å². The number of imidazole rings is 1. The second kappa shape index (κ2) is 4.44. The molecule has 0 aliphatic rings. The van der Waals surface area contributed by atoms with Crippen molar-refractivity contribution >= 4 is 0 Å². The largest absolute Gasteiger partial charge is 0.333 e. The molecule has 0 saturated heterocycles. The maximum atomic E-state index is 5.47. The zero-order chi connectivity index (χ0) is 11.5. The predicted molar refractivity (Wildman–Crippen MR) is 59.6 cm³/mol. The number of nitrogens with two attached hydrogens (primary N) is 1. The molecule has 0 aliphatic carbocycles. The zero-order valence-corrected chi connectivity index (χ0v) is 9.59. The highest BCUT2D eigenvalue weighted by molar-refractivity contribution is 5.08. The summed E-state index contributed by atoms with van der Waals surface area (Å²) < 4.78 is 3.91. The molecular weight excluding hydrogens is 204 g/mol. The van der Waals surface area contributed by atoms with Crippen molar-refractivity contribution in [3.8, 4) is 0 Å². The SMILES string of the molecule is Cc1ncn(CCn2cc(CN)nn2)c1C. The summed E-state index contributed by atoms with van der Waals surface area (Å²) in [7, 11) is 0. The molecule has 6 nitrogen and oxygen atoms in total. The normalized spacial score (nSPS) is 10.9. The number of aryl methyl sites for hydroxylation is 3. The lowest BCUT2D eigenvalue weighted by Crippen LogP contribution is -2.08. The van der Waals surface area contributed by atoms with E-state index in [4.69, 9.17) is 5.73 Å². The van der Waals surface area contributed by atoms with Crippen LogP contribution < -0.4 is 5.73 Å². The fourth-order valence-electron chi connectivity index (χ4n) is 1.52. The van der Waals surface area contributed by atoms with Gasteiger partial charge >= 0.3 is 0 Å². The number of nitrogens with zero attached hydrogens (tertiary/aromatic N) is 5. The topological polar surface area (TPSA) is 74.5 Å². The minimum Gasteiger partial charge on any atom is -0.333 e. The molecule has 2 aromatic rings. The summed E-state index contributed by atoms with van der Waals surface area (Å²) in [5.74, 6) is 0. The molecule has 0 fully saturated rings. The third-order valence-electron chi connectivity index (χ3n) is 2.71. The monoisotopic (exact) mass is 220 g/mol. The minimum atomic E-state index is 0.434. The second-order valence-electron chi connectivity index (χ2n) is 3.79. The molecule has 2 N–H and O–H groups in total. The molecule has 0 amide bonds. The molecule has 2 rings (SSSR count). The summed E-state index contributed by atoms with van der Waals surface area (Å²) in [6.45, 7) is 6.13. The van der Waals surface area contributed by atoms with Gasteiger partial charge in [-0.1, -0.05) is 5.21 Å². The third-order valence-corrected chi connectivity index (χ3v) is 2.71. The average molecular weight is 220 g/mol. The van der Waals surface area contributed by atoms with Crippen molar-refractivity contribution < 1.29 is 0 Å². The summed E-state index contributed by atoms with van der Waals surface area (Å²) in [6.07, 6.45) is 3.73.